The third-order valence-corrected chi connectivity index (χ3v) is 7.86. The Bertz CT molecular complexity index is 593. The van der Waals surface area contributed by atoms with E-state index in [9.17, 15) is 0 Å². The lowest BCUT2D eigenvalue weighted by Gasteiger charge is -2.34. The van der Waals surface area contributed by atoms with Gasteiger partial charge >= 0.3 is 0 Å². The van der Waals surface area contributed by atoms with Crippen molar-refractivity contribution in [1.82, 2.24) is 15.2 Å². The molecule has 1 aromatic heterocycles. The Morgan fingerprint density at radius 1 is 1.33 bits per heavy atom. The van der Waals surface area contributed by atoms with Crippen LogP contribution in [0, 0.1) is 0 Å². The summed E-state index contributed by atoms with van der Waals surface area (Å²) in [6.45, 7) is 6.40. The Morgan fingerprint density at radius 3 is 2.74 bits per heavy atom. The minimum Gasteiger partial charge on any atom is -0.381 e. The van der Waals surface area contributed by atoms with Gasteiger partial charge in [-0.05, 0) is 51.7 Å². The number of thiazole rings is 1. The molecule has 27 heavy (non-hydrogen) atoms. The molecular weight excluding hydrogens is 491 g/mol. The average Bonchev–Trinajstić information content (AvgIpc) is 3.08. The van der Waals surface area contributed by atoms with E-state index in [2.05, 4.69) is 30.4 Å². The lowest BCUT2D eigenvalue weighted by atomic mass is 9.99. The summed E-state index contributed by atoms with van der Waals surface area (Å²) >= 11 is 3.84. The SMILES string of the molecule is CCNC(=NCC1(SC)CCOCC1)N(C)Cc1nc2c(s1)CCCC2.I. The Labute approximate surface area is 189 Å². The monoisotopic (exact) mass is 524 g/mol. The van der Waals surface area contributed by atoms with Crippen LogP contribution in [0.4, 0.5) is 0 Å². The van der Waals surface area contributed by atoms with Crippen LogP contribution < -0.4 is 5.32 Å². The molecule has 1 fully saturated rings. The van der Waals surface area contributed by atoms with Crippen molar-refractivity contribution >= 4 is 53.0 Å². The first-order valence-electron chi connectivity index (χ1n) is 9.75. The molecule has 8 heteroatoms. The normalized spacial score (nSPS) is 19.1. The van der Waals surface area contributed by atoms with E-state index in [1.165, 1.54) is 34.8 Å². The van der Waals surface area contributed by atoms with E-state index in [4.69, 9.17) is 14.7 Å². The molecule has 1 aliphatic carbocycles. The Kier molecular flexibility index (Phi) is 9.64. The molecule has 3 rings (SSSR count). The van der Waals surface area contributed by atoms with Crippen LogP contribution in [0.3, 0.4) is 0 Å². The Morgan fingerprint density at radius 2 is 2.07 bits per heavy atom. The van der Waals surface area contributed by atoms with Crippen molar-refractivity contribution < 1.29 is 4.74 Å². The first-order valence-corrected chi connectivity index (χ1v) is 11.8. The highest BCUT2D eigenvalue weighted by atomic mass is 127. The van der Waals surface area contributed by atoms with Gasteiger partial charge in [-0.3, -0.25) is 4.99 Å². The standard InChI is InChI=1S/C19H32N4OS2.HI/c1-4-20-18(21-14-19(25-3)9-11-24-12-10-19)23(2)13-17-22-15-7-5-6-8-16(15)26-17;/h4-14H2,1-3H3,(H,20,21);1H. The van der Waals surface area contributed by atoms with Crippen molar-refractivity contribution in [3.05, 3.63) is 15.6 Å². The lowest BCUT2D eigenvalue weighted by molar-refractivity contribution is 0.0793. The van der Waals surface area contributed by atoms with Crippen LogP contribution in [-0.2, 0) is 24.1 Å². The van der Waals surface area contributed by atoms with Crippen LogP contribution >= 0.6 is 47.1 Å². The highest BCUT2D eigenvalue weighted by molar-refractivity contribution is 14.0. The van der Waals surface area contributed by atoms with Gasteiger partial charge in [-0.2, -0.15) is 11.8 Å². The van der Waals surface area contributed by atoms with Crippen molar-refractivity contribution in [2.24, 2.45) is 4.99 Å². The minimum absolute atomic E-state index is 0. The van der Waals surface area contributed by atoms with Gasteiger partial charge in [0.2, 0.25) is 0 Å². The predicted octanol–water partition coefficient (Wildman–Crippen LogP) is 3.95. The molecule has 5 nitrogen and oxygen atoms in total. The number of halogens is 1. The molecule has 0 saturated carbocycles. The molecule has 0 spiro atoms. The molecule has 0 radical (unpaired) electrons. The zero-order valence-corrected chi connectivity index (χ0v) is 20.7. The van der Waals surface area contributed by atoms with Crippen molar-refractivity contribution in [3.8, 4) is 0 Å². The summed E-state index contributed by atoms with van der Waals surface area (Å²) in [7, 11) is 2.12. The Hall–Kier alpha value is -0.0600. The zero-order valence-electron chi connectivity index (χ0n) is 16.8. The number of guanidine groups is 1. The van der Waals surface area contributed by atoms with E-state index in [-0.39, 0.29) is 28.7 Å². The maximum absolute atomic E-state index is 5.55. The van der Waals surface area contributed by atoms with E-state index in [0.29, 0.717) is 0 Å². The van der Waals surface area contributed by atoms with Crippen LogP contribution in [0.2, 0.25) is 0 Å². The molecule has 2 heterocycles. The summed E-state index contributed by atoms with van der Waals surface area (Å²) in [4.78, 5) is 13.6. The fraction of sp³-hybridized carbons (Fsp3) is 0.789. The van der Waals surface area contributed by atoms with E-state index >= 15 is 0 Å². The summed E-state index contributed by atoms with van der Waals surface area (Å²) < 4.78 is 5.77. The number of nitrogens with one attached hydrogen (secondary N) is 1. The first-order chi connectivity index (χ1) is 12.7. The average molecular weight is 525 g/mol. The number of aliphatic imine (C=N–C) groups is 1. The van der Waals surface area contributed by atoms with Crippen LogP contribution in [0.1, 0.15) is 48.2 Å². The number of hydrogen-bond donors (Lipinski definition) is 1. The van der Waals surface area contributed by atoms with Gasteiger partial charge in [0.1, 0.15) is 5.01 Å². The van der Waals surface area contributed by atoms with E-state index in [1.54, 1.807) is 0 Å². The van der Waals surface area contributed by atoms with Crippen molar-refractivity contribution in [2.75, 3.05) is 39.6 Å². The molecule has 0 unspecified atom stereocenters. The van der Waals surface area contributed by atoms with Gasteiger partial charge in [0.15, 0.2) is 5.96 Å². The van der Waals surface area contributed by atoms with E-state index < -0.39 is 0 Å². The maximum Gasteiger partial charge on any atom is 0.194 e. The quantitative estimate of drug-likeness (QED) is 0.347. The molecule has 1 saturated heterocycles. The number of nitrogens with zero attached hydrogens (tertiary/aromatic N) is 3. The molecule has 1 aromatic rings. The molecular formula is C19H33IN4OS2. The van der Waals surface area contributed by atoms with Gasteiger partial charge in [-0.1, -0.05) is 0 Å². The lowest BCUT2D eigenvalue weighted by Crippen LogP contribution is -2.41. The molecule has 1 N–H and O–H groups in total. The molecule has 154 valence electrons. The van der Waals surface area contributed by atoms with Gasteiger partial charge in [-0.15, -0.1) is 35.3 Å². The van der Waals surface area contributed by atoms with Crippen molar-refractivity contribution in [2.45, 2.75) is 56.7 Å². The summed E-state index contributed by atoms with van der Waals surface area (Å²) in [6, 6.07) is 0. The molecule has 0 aromatic carbocycles. The van der Waals surface area contributed by atoms with Crippen molar-refractivity contribution in [1.29, 1.82) is 0 Å². The third-order valence-electron chi connectivity index (χ3n) is 5.31. The number of hydrogen-bond acceptors (Lipinski definition) is 5. The smallest absolute Gasteiger partial charge is 0.194 e. The summed E-state index contributed by atoms with van der Waals surface area (Å²) in [6.07, 6.45) is 9.34. The molecule has 1 aliphatic heterocycles. The van der Waals surface area contributed by atoms with Crippen LogP contribution in [0.25, 0.3) is 0 Å². The number of fused-ring (bicyclic) bond motifs is 1. The van der Waals surface area contributed by atoms with Crippen molar-refractivity contribution in [3.63, 3.8) is 0 Å². The highest BCUT2D eigenvalue weighted by Crippen LogP contribution is 2.34. The fourth-order valence-electron chi connectivity index (χ4n) is 3.61. The highest BCUT2D eigenvalue weighted by Gasteiger charge is 2.31. The number of aromatic nitrogens is 1. The minimum atomic E-state index is 0. The second-order valence-electron chi connectivity index (χ2n) is 7.21. The molecule has 0 amide bonds. The zero-order chi connectivity index (χ0) is 18.4. The van der Waals surface area contributed by atoms with Gasteiger partial charge < -0.3 is 15.0 Å². The van der Waals surface area contributed by atoms with Gasteiger partial charge in [-0.25, -0.2) is 4.98 Å². The van der Waals surface area contributed by atoms with E-state index in [0.717, 1.165) is 58.1 Å². The number of thioether (sulfide) groups is 1. The van der Waals surface area contributed by atoms with Crippen LogP contribution in [-0.4, -0.2) is 60.2 Å². The third kappa shape index (κ3) is 6.21. The van der Waals surface area contributed by atoms with Crippen LogP contribution in [0.15, 0.2) is 4.99 Å². The fourth-order valence-corrected chi connectivity index (χ4v) is 5.59. The topological polar surface area (TPSA) is 49.8 Å². The van der Waals surface area contributed by atoms with E-state index in [1.807, 2.05) is 23.1 Å². The number of rotatable bonds is 6. The molecule has 0 bridgehead atoms. The molecule has 0 atom stereocenters. The first kappa shape index (κ1) is 23.2. The van der Waals surface area contributed by atoms with Crippen LogP contribution in [0.5, 0.6) is 0 Å². The predicted molar refractivity (Wildman–Crippen MR) is 128 cm³/mol. The van der Waals surface area contributed by atoms with Gasteiger partial charge in [0.25, 0.3) is 0 Å². The summed E-state index contributed by atoms with van der Waals surface area (Å²) in [5.74, 6) is 0.987. The second-order valence-corrected chi connectivity index (χ2v) is 9.65. The number of aryl methyl sites for hydroxylation is 2. The Balaban J connectivity index is 0.00000261. The van der Waals surface area contributed by atoms with Gasteiger partial charge in [0, 0.05) is 36.4 Å². The van der Waals surface area contributed by atoms with Gasteiger partial charge in [0.05, 0.1) is 18.8 Å². The largest absolute Gasteiger partial charge is 0.381 e. The second kappa shape index (κ2) is 11.2. The summed E-state index contributed by atoms with van der Waals surface area (Å²) in [5.41, 5.74) is 1.34. The number of ether oxygens (including phenoxy) is 1. The maximum atomic E-state index is 5.55. The summed E-state index contributed by atoms with van der Waals surface area (Å²) in [5, 5.41) is 4.68. The molecule has 2 aliphatic rings.